The number of ether oxygens (including phenoxy) is 1. The van der Waals surface area contributed by atoms with E-state index in [-0.39, 0.29) is 11.5 Å². The maximum Gasteiger partial charge on any atom is 0.119 e. The van der Waals surface area contributed by atoms with Crippen LogP contribution in [0.1, 0.15) is 62.5 Å². The molecule has 0 radical (unpaired) electrons. The van der Waals surface area contributed by atoms with Gasteiger partial charge in [0, 0.05) is 4.43 Å². The second-order valence-corrected chi connectivity index (χ2v) is 9.38. The fraction of sp³-hybridized carbons (Fsp3) is 0.714. The summed E-state index contributed by atoms with van der Waals surface area (Å²) in [4.78, 5) is 0. The Balaban J connectivity index is 1.55. The van der Waals surface area contributed by atoms with Crippen LogP contribution in [0.3, 0.4) is 0 Å². The summed E-state index contributed by atoms with van der Waals surface area (Å²) in [6, 6.07) is 6.83. The summed E-state index contributed by atoms with van der Waals surface area (Å²) in [6.45, 7) is 3.18. The van der Waals surface area contributed by atoms with Crippen molar-refractivity contribution in [3.8, 4) is 5.75 Å². The van der Waals surface area contributed by atoms with Crippen molar-refractivity contribution in [2.45, 2.75) is 63.9 Å². The Morgan fingerprint density at radius 3 is 2.96 bits per heavy atom. The lowest BCUT2D eigenvalue weighted by molar-refractivity contribution is -0.0226. The lowest BCUT2D eigenvalue weighted by Gasteiger charge is -2.50. The summed E-state index contributed by atoms with van der Waals surface area (Å²) in [5, 5.41) is 10.5. The van der Waals surface area contributed by atoms with Crippen LogP contribution >= 0.6 is 22.6 Å². The van der Waals surface area contributed by atoms with Gasteiger partial charge in [-0.05, 0) is 91.4 Å². The molecule has 24 heavy (non-hydrogen) atoms. The molecule has 0 heterocycles. The number of hydrogen-bond acceptors (Lipinski definition) is 2. The minimum absolute atomic E-state index is 0.0708. The van der Waals surface area contributed by atoms with Crippen molar-refractivity contribution in [2.75, 3.05) is 11.0 Å². The largest absolute Gasteiger partial charge is 0.494 e. The van der Waals surface area contributed by atoms with Crippen LogP contribution in [0.5, 0.6) is 5.75 Å². The van der Waals surface area contributed by atoms with Crippen molar-refractivity contribution in [1.82, 2.24) is 0 Å². The van der Waals surface area contributed by atoms with E-state index in [1.807, 2.05) is 0 Å². The lowest BCUT2D eigenvalue weighted by atomic mass is 9.55. The number of fused-ring (bicyclic) bond motifs is 5. The number of aliphatic hydroxyl groups is 1. The second kappa shape index (κ2) is 6.79. The average Bonchev–Trinajstić information content (AvgIpc) is 2.90. The molecule has 1 aromatic rings. The Kier molecular flexibility index (Phi) is 4.85. The van der Waals surface area contributed by atoms with Gasteiger partial charge in [-0.15, -0.1) is 0 Å². The number of rotatable bonds is 4. The van der Waals surface area contributed by atoms with Gasteiger partial charge in [0.05, 0.1) is 12.7 Å². The molecule has 4 rings (SSSR count). The molecule has 0 saturated heterocycles. The van der Waals surface area contributed by atoms with Gasteiger partial charge in [-0.3, -0.25) is 0 Å². The Morgan fingerprint density at radius 1 is 1.25 bits per heavy atom. The predicted molar refractivity (Wildman–Crippen MR) is 106 cm³/mol. The summed E-state index contributed by atoms with van der Waals surface area (Å²) in [5.74, 6) is 3.26. The van der Waals surface area contributed by atoms with Crippen LogP contribution in [-0.2, 0) is 6.42 Å². The first kappa shape index (κ1) is 17.1. The molecule has 0 aliphatic heterocycles. The van der Waals surface area contributed by atoms with Crippen LogP contribution in [0, 0.1) is 17.3 Å². The molecular formula is C21H29IO2. The highest BCUT2D eigenvalue weighted by Gasteiger charge is 2.54. The van der Waals surface area contributed by atoms with Crippen molar-refractivity contribution in [3.05, 3.63) is 29.3 Å². The Hall–Kier alpha value is -0.290. The van der Waals surface area contributed by atoms with E-state index in [2.05, 4.69) is 47.7 Å². The van der Waals surface area contributed by atoms with Gasteiger partial charge in [0.2, 0.25) is 0 Å². The molecule has 0 unspecified atom stereocenters. The van der Waals surface area contributed by atoms with Gasteiger partial charge in [-0.2, -0.15) is 0 Å². The number of aliphatic hydroxyl groups excluding tert-OH is 1. The summed E-state index contributed by atoms with van der Waals surface area (Å²) in [6.07, 6.45) is 8.20. The number of benzene rings is 1. The molecule has 2 fully saturated rings. The van der Waals surface area contributed by atoms with Crippen molar-refractivity contribution >= 4 is 22.6 Å². The first-order valence-electron chi connectivity index (χ1n) is 9.63. The Labute approximate surface area is 159 Å². The SMILES string of the molecule is C[C@]12CC[C@@H]3c4ccc(OCCCI)cc4CC[C@H]3[C@@H]1CC[C@@H]2O. The van der Waals surface area contributed by atoms with Crippen LogP contribution in [-0.4, -0.2) is 22.2 Å². The summed E-state index contributed by atoms with van der Waals surface area (Å²) in [5.41, 5.74) is 3.28. The molecule has 3 aliphatic rings. The van der Waals surface area contributed by atoms with E-state index in [1.54, 1.807) is 5.56 Å². The van der Waals surface area contributed by atoms with Crippen molar-refractivity contribution in [1.29, 1.82) is 0 Å². The van der Waals surface area contributed by atoms with Crippen LogP contribution in [0.2, 0.25) is 0 Å². The predicted octanol–water partition coefficient (Wildman–Crippen LogP) is 5.11. The molecule has 0 spiro atoms. The third-order valence-electron chi connectivity index (χ3n) is 7.19. The quantitative estimate of drug-likeness (QED) is 0.401. The molecule has 0 aromatic heterocycles. The van der Waals surface area contributed by atoms with E-state index < -0.39 is 0 Å². The zero-order valence-corrected chi connectivity index (χ0v) is 16.8. The normalized spacial score (nSPS) is 37.5. The highest BCUT2D eigenvalue weighted by atomic mass is 127. The van der Waals surface area contributed by atoms with Gasteiger partial charge in [0.1, 0.15) is 5.75 Å². The molecule has 3 aliphatic carbocycles. The summed E-state index contributed by atoms with van der Waals surface area (Å²) in [7, 11) is 0. The molecule has 1 N–H and O–H groups in total. The Morgan fingerprint density at radius 2 is 2.12 bits per heavy atom. The zero-order valence-electron chi connectivity index (χ0n) is 14.6. The maximum atomic E-state index is 10.5. The highest BCUT2D eigenvalue weighted by Crippen LogP contribution is 2.60. The number of aryl methyl sites for hydroxylation is 1. The zero-order chi connectivity index (χ0) is 16.7. The molecule has 1 aromatic carbocycles. The van der Waals surface area contributed by atoms with Crippen LogP contribution in [0.15, 0.2) is 18.2 Å². The molecule has 0 amide bonds. The van der Waals surface area contributed by atoms with E-state index in [1.165, 1.54) is 37.7 Å². The molecule has 2 saturated carbocycles. The van der Waals surface area contributed by atoms with Crippen molar-refractivity contribution < 1.29 is 9.84 Å². The molecule has 5 atom stereocenters. The molecule has 2 nitrogen and oxygen atoms in total. The Bertz CT molecular complexity index is 602. The number of halogens is 1. The maximum absolute atomic E-state index is 10.5. The number of alkyl halides is 1. The smallest absolute Gasteiger partial charge is 0.119 e. The van der Waals surface area contributed by atoms with Gasteiger partial charge in [-0.25, -0.2) is 0 Å². The van der Waals surface area contributed by atoms with Crippen LogP contribution in [0.25, 0.3) is 0 Å². The minimum Gasteiger partial charge on any atom is -0.494 e. The fourth-order valence-electron chi connectivity index (χ4n) is 5.87. The van der Waals surface area contributed by atoms with Crippen molar-refractivity contribution in [2.24, 2.45) is 17.3 Å². The standard InChI is InChI=1S/C21H29IO2/c1-21-10-9-17-16-6-4-15(24-12-2-11-22)13-14(16)3-5-18(17)19(21)7-8-20(21)23/h4,6,13,17-20,23H,2-3,5,7-12H2,1H3/t17-,18-,19+,20+,21+/m1/s1. The second-order valence-electron chi connectivity index (χ2n) is 8.30. The van der Waals surface area contributed by atoms with E-state index in [0.29, 0.717) is 5.92 Å². The molecular weight excluding hydrogens is 411 g/mol. The van der Waals surface area contributed by atoms with E-state index in [9.17, 15) is 5.11 Å². The number of hydrogen-bond donors (Lipinski definition) is 1. The third kappa shape index (κ3) is 2.80. The van der Waals surface area contributed by atoms with E-state index in [4.69, 9.17) is 4.74 Å². The van der Waals surface area contributed by atoms with Gasteiger partial charge < -0.3 is 9.84 Å². The van der Waals surface area contributed by atoms with E-state index >= 15 is 0 Å². The van der Waals surface area contributed by atoms with Gasteiger partial charge >= 0.3 is 0 Å². The lowest BCUT2D eigenvalue weighted by Crippen LogP contribution is -2.43. The highest BCUT2D eigenvalue weighted by molar-refractivity contribution is 14.1. The monoisotopic (exact) mass is 440 g/mol. The van der Waals surface area contributed by atoms with Crippen LogP contribution in [0.4, 0.5) is 0 Å². The molecule has 3 heteroatoms. The molecule has 0 bridgehead atoms. The summed E-state index contributed by atoms with van der Waals surface area (Å²) < 4.78 is 7.06. The average molecular weight is 440 g/mol. The van der Waals surface area contributed by atoms with Crippen LogP contribution < -0.4 is 4.74 Å². The van der Waals surface area contributed by atoms with Gasteiger partial charge in [0.25, 0.3) is 0 Å². The third-order valence-corrected chi connectivity index (χ3v) is 7.96. The molecule has 132 valence electrons. The van der Waals surface area contributed by atoms with Gasteiger partial charge in [0.15, 0.2) is 0 Å². The topological polar surface area (TPSA) is 29.5 Å². The van der Waals surface area contributed by atoms with Crippen molar-refractivity contribution in [3.63, 3.8) is 0 Å². The van der Waals surface area contributed by atoms with Gasteiger partial charge in [-0.1, -0.05) is 35.6 Å². The fourth-order valence-corrected chi connectivity index (χ4v) is 6.18. The first-order valence-corrected chi connectivity index (χ1v) is 11.2. The minimum atomic E-state index is -0.0708. The summed E-state index contributed by atoms with van der Waals surface area (Å²) >= 11 is 2.40. The first-order chi connectivity index (χ1) is 11.6. The van der Waals surface area contributed by atoms with E-state index in [0.717, 1.165) is 41.5 Å².